The van der Waals surface area contributed by atoms with Crippen LogP contribution >= 0.6 is 23.2 Å². The van der Waals surface area contributed by atoms with Gasteiger partial charge < -0.3 is 4.74 Å². The van der Waals surface area contributed by atoms with Crippen LogP contribution in [0.2, 0.25) is 10.0 Å². The molecule has 1 aromatic rings. The van der Waals surface area contributed by atoms with Crippen molar-refractivity contribution in [2.45, 2.75) is 19.9 Å². The third-order valence-corrected chi connectivity index (χ3v) is 3.60. The first-order valence-corrected chi connectivity index (χ1v) is 7.35. The average Bonchev–Trinajstić information content (AvgIpc) is 2.64. The molecule has 0 bridgehead atoms. The Morgan fingerprint density at radius 1 is 1.14 bits per heavy atom. The number of urea groups is 1. The van der Waals surface area contributed by atoms with Crippen molar-refractivity contribution < 1.29 is 19.1 Å². The molecule has 0 saturated carbocycles. The summed E-state index contributed by atoms with van der Waals surface area (Å²) in [4.78, 5) is 37.4. The van der Waals surface area contributed by atoms with Crippen LogP contribution in [-0.4, -0.2) is 46.8 Å². The van der Waals surface area contributed by atoms with Crippen LogP contribution in [0.4, 0.5) is 4.79 Å². The number of rotatable bonds is 5. The van der Waals surface area contributed by atoms with Gasteiger partial charge in [-0.3, -0.25) is 19.4 Å². The Bertz CT molecular complexity index is 633. The zero-order valence-corrected chi connectivity index (χ0v) is 13.5. The number of nitrogens with zero attached hydrogens (tertiary/aromatic N) is 2. The number of halogens is 2. The highest BCUT2D eigenvalue weighted by atomic mass is 35.5. The minimum absolute atomic E-state index is 0.0258. The second-order valence-electron chi connectivity index (χ2n) is 4.93. The molecule has 1 heterocycles. The number of hydrogen-bond acceptors (Lipinski definition) is 4. The fourth-order valence-electron chi connectivity index (χ4n) is 2.01. The highest BCUT2D eigenvalue weighted by molar-refractivity contribution is 6.44. The molecule has 0 aromatic heterocycles. The summed E-state index contributed by atoms with van der Waals surface area (Å²) in [7, 11) is 0. The lowest BCUT2D eigenvalue weighted by molar-refractivity contribution is -0.143. The summed E-state index contributed by atoms with van der Waals surface area (Å²) in [5, 5.41) is 0.798. The van der Waals surface area contributed by atoms with Gasteiger partial charge in [0.2, 0.25) is 0 Å². The molecule has 118 valence electrons. The van der Waals surface area contributed by atoms with E-state index in [-0.39, 0.29) is 19.2 Å². The van der Waals surface area contributed by atoms with Gasteiger partial charge in [0.25, 0.3) is 0 Å². The third kappa shape index (κ3) is 3.18. The summed E-state index contributed by atoms with van der Waals surface area (Å²) in [6, 6.07) is 3.72. The van der Waals surface area contributed by atoms with Crippen molar-refractivity contribution in [3.05, 3.63) is 28.2 Å². The van der Waals surface area contributed by atoms with E-state index < -0.39 is 17.8 Å². The number of benzene rings is 1. The second-order valence-corrected chi connectivity index (χ2v) is 5.78. The molecule has 1 saturated heterocycles. The topological polar surface area (TPSA) is 66.9 Å². The molecule has 8 heteroatoms. The summed E-state index contributed by atoms with van der Waals surface area (Å²) < 4.78 is 5.41. The van der Waals surface area contributed by atoms with Gasteiger partial charge in [0, 0.05) is 11.1 Å². The number of ether oxygens (including phenoxy) is 1. The fourth-order valence-corrected chi connectivity index (χ4v) is 2.48. The molecule has 0 unspecified atom stereocenters. The molecule has 0 radical (unpaired) electrons. The van der Waals surface area contributed by atoms with Gasteiger partial charge in [0.1, 0.15) is 12.4 Å². The van der Waals surface area contributed by atoms with E-state index in [1.54, 1.807) is 26.0 Å². The molecule has 0 N–H and O–H groups in total. The first-order chi connectivity index (χ1) is 10.3. The molecule has 1 fully saturated rings. The number of imide groups is 2. The third-order valence-electron chi connectivity index (χ3n) is 3.07. The maximum atomic E-state index is 12.0. The number of hydrogen-bond donors (Lipinski definition) is 0. The summed E-state index contributed by atoms with van der Waals surface area (Å²) in [6.45, 7) is 3.32. The summed E-state index contributed by atoms with van der Waals surface area (Å²) in [5.74, 6) is -1.27. The molecule has 22 heavy (non-hydrogen) atoms. The summed E-state index contributed by atoms with van der Waals surface area (Å²) in [5.41, 5.74) is 0. The zero-order chi connectivity index (χ0) is 16.4. The Balaban J connectivity index is 1.98. The summed E-state index contributed by atoms with van der Waals surface area (Å²) in [6.07, 6.45) is 0. The van der Waals surface area contributed by atoms with Gasteiger partial charge in [-0.15, -0.1) is 0 Å². The summed E-state index contributed by atoms with van der Waals surface area (Å²) >= 11 is 11.7. The van der Waals surface area contributed by atoms with Crippen molar-refractivity contribution in [1.29, 1.82) is 0 Å². The van der Waals surface area contributed by atoms with Crippen molar-refractivity contribution in [2.24, 2.45) is 0 Å². The largest absolute Gasteiger partial charge is 0.490 e. The lowest BCUT2D eigenvalue weighted by atomic mass is 10.3. The minimum atomic E-state index is -0.843. The van der Waals surface area contributed by atoms with E-state index in [0.29, 0.717) is 15.8 Å². The van der Waals surface area contributed by atoms with Crippen molar-refractivity contribution in [1.82, 2.24) is 9.80 Å². The molecule has 1 aliphatic rings. The van der Waals surface area contributed by atoms with E-state index in [2.05, 4.69) is 0 Å². The smallest absolute Gasteiger partial charge is 0.334 e. The molecule has 4 amide bonds. The van der Waals surface area contributed by atoms with Crippen LogP contribution in [0.25, 0.3) is 0 Å². The molecule has 0 spiro atoms. The fraction of sp³-hybridized carbons (Fsp3) is 0.357. The van der Waals surface area contributed by atoms with Crippen molar-refractivity contribution in [3.8, 4) is 5.75 Å². The molecule has 1 aliphatic heterocycles. The molecule has 2 rings (SSSR count). The Morgan fingerprint density at radius 2 is 1.82 bits per heavy atom. The average molecular weight is 345 g/mol. The monoisotopic (exact) mass is 344 g/mol. The van der Waals surface area contributed by atoms with Crippen LogP contribution in [-0.2, 0) is 9.59 Å². The predicted octanol–water partition coefficient (Wildman–Crippen LogP) is 2.57. The maximum Gasteiger partial charge on any atom is 0.334 e. The Labute approximate surface area is 137 Å². The Hall–Kier alpha value is -1.79. The van der Waals surface area contributed by atoms with E-state index in [0.717, 1.165) is 9.80 Å². The van der Waals surface area contributed by atoms with Crippen LogP contribution in [0.15, 0.2) is 18.2 Å². The van der Waals surface area contributed by atoms with Crippen molar-refractivity contribution in [3.63, 3.8) is 0 Å². The minimum Gasteiger partial charge on any atom is -0.490 e. The van der Waals surface area contributed by atoms with Gasteiger partial charge in [0.05, 0.1) is 11.6 Å². The van der Waals surface area contributed by atoms with Gasteiger partial charge >= 0.3 is 17.8 Å². The Morgan fingerprint density at radius 3 is 2.36 bits per heavy atom. The number of amides is 4. The van der Waals surface area contributed by atoms with E-state index in [9.17, 15) is 14.4 Å². The van der Waals surface area contributed by atoms with Crippen molar-refractivity contribution in [2.75, 3.05) is 13.2 Å². The lowest BCUT2D eigenvalue weighted by Gasteiger charge is -2.18. The second kappa shape index (κ2) is 6.54. The standard InChI is InChI=1S/C14H14Cl2N2O4/c1-8(2)18-13(20)12(19)17(14(18)21)5-6-22-11-4-3-9(15)7-10(11)16/h3-4,7-8H,5-6H2,1-2H3. The maximum absolute atomic E-state index is 12.0. The van der Waals surface area contributed by atoms with Crippen LogP contribution in [0.3, 0.4) is 0 Å². The predicted molar refractivity (Wildman–Crippen MR) is 81.0 cm³/mol. The lowest BCUT2D eigenvalue weighted by Crippen LogP contribution is -2.39. The highest BCUT2D eigenvalue weighted by Crippen LogP contribution is 2.27. The van der Waals surface area contributed by atoms with Crippen molar-refractivity contribution >= 4 is 41.0 Å². The van der Waals surface area contributed by atoms with E-state index >= 15 is 0 Å². The van der Waals surface area contributed by atoms with Gasteiger partial charge in [-0.05, 0) is 32.0 Å². The molecule has 0 atom stereocenters. The quantitative estimate of drug-likeness (QED) is 0.608. The molecule has 6 nitrogen and oxygen atoms in total. The van der Waals surface area contributed by atoms with Crippen LogP contribution in [0.5, 0.6) is 5.75 Å². The van der Waals surface area contributed by atoms with Gasteiger partial charge in [-0.1, -0.05) is 23.2 Å². The molecular formula is C14H14Cl2N2O4. The van der Waals surface area contributed by atoms with Crippen LogP contribution in [0.1, 0.15) is 13.8 Å². The first-order valence-electron chi connectivity index (χ1n) is 6.59. The normalized spacial score (nSPS) is 15.2. The highest BCUT2D eigenvalue weighted by Gasteiger charge is 2.45. The zero-order valence-electron chi connectivity index (χ0n) is 12.0. The molecule has 1 aromatic carbocycles. The van der Waals surface area contributed by atoms with E-state index in [1.807, 2.05) is 0 Å². The van der Waals surface area contributed by atoms with Gasteiger partial charge in [-0.2, -0.15) is 0 Å². The molecular weight excluding hydrogens is 331 g/mol. The van der Waals surface area contributed by atoms with Crippen LogP contribution < -0.4 is 4.74 Å². The van der Waals surface area contributed by atoms with Gasteiger partial charge in [-0.25, -0.2) is 4.79 Å². The van der Waals surface area contributed by atoms with Gasteiger partial charge in [0.15, 0.2) is 0 Å². The molecule has 0 aliphatic carbocycles. The number of carbonyl (C=O) groups is 3. The van der Waals surface area contributed by atoms with E-state index in [1.165, 1.54) is 6.07 Å². The first kappa shape index (κ1) is 16.6. The Kier molecular flexibility index (Phi) is 4.93. The van der Waals surface area contributed by atoms with Crippen LogP contribution in [0, 0.1) is 0 Å². The van der Waals surface area contributed by atoms with E-state index in [4.69, 9.17) is 27.9 Å². The SMILES string of the molecule is CC(C)N1C(=O)C(=O)N(CCOc2ccc(Cl)cc2Cl)C1=O. The number of carbonyl (C=O) groups excluding carboxylic acids is 3.